The van der Waals surface area contributed by atoms with Gasteiger partial charge in [0.25, 0.3) is 0 Å². The lowest BCUT2D eigenvalue weighted by molar-refractivity contribution is 0.0697. The Bertz CT molecular complexity index is 595. The van der Waals surface area contributed by atoms with E-state index in [-0.39, 0.29) is 5.56 Å². The van der Waals surface area contributed by atoms with Crippen LogP contribution in [0.5, 0.6) is 5.75 Å². The molecule has 0 unspecified atom stereocenters. The Morgan fingerprint density at radius 1 is 1.38 bits per heavy atom. The highest BCUT2D eigenvalue weighted by Crippen LogP contribution is 2.13. The van der Waals surface area contributed by atoms with E-state index in [9.17, 15) is 4.79 Å². The number of ether oxygens (including phenoxy) is 1. The van der Waals surface area contributed by atoms with Gasteiger partial charge in [0.1, 0.15) is 12.4 Å². The van der Waals surface area contributed by atoms with E-state index in [0.717, 1.165) is 23.8 Å². The third-order valence-electron chi connectivity index (χ3n) is 2.94. The van der Waals surface area contributed by atoms with Crippen molar-refractivity contribution in [1.29, 1.82) is 0 Å². The van der Waals surface area contributed by atoms with Gasteiger partial charge in [-0.2, -0.15) is 0 Å². The molecule has 0 aliphatic carbocycles. The van der Waals surface area contributed by atoms with E-state index >= 15 is 0 Å². The molecule has 0 fully saturated rings. The molecule has 0 bridgehead atoms. The first-order valence-corrected chi connectivity index (χ1v) is 7.48. The van der Waals surface area contributed by atoms with Crippen molar-refractivity contribution in [2.45, 2.75) is 13.5 Å². The molecule has 1 aromatic carbocycles. The maximum Gasteiger partial charge on any atom is 0.335 e. The van der Waals surface area contributed by atoms with Crippen LogP contribution in [0.2, 0.25) is 0 Å². The largest absolute Gasteiger partial charge is 0.492 e. The first-order valence-electron chi connectivity index (χ1n) is 6.60. The minimum absolute atomic E-state index is 0.262. The van der Waals surface area contributed by atoms with Crippen LogP contribution in [0, 0.1) is 6.92 Å². The first kappa shape index (κ1) is 15.5. The summed E-state index contributed by atoms with van der Waals surface area (Å²) in [6, 6.07) is 6.43. The number of thiazole rings is 1. The number of benzene rings is 1. The molecule has 0 aliphatic heterocycles. The Balaban J connectivity index is 1.74. The molecule has 112 valence electrons. The number of carbonyl (C=O) groups is 1. The second kappa shape index (κ2) is 7.19. The number of carboxylic acid groups (broad SMARTS) is 1. The lowest BCUT2D eigenvalue weighted by Gasteiger charge is -2.15. The van der Waals surface area contributed by atoms with Crippen molar-refractivity contribution >= 4 is 17.3 Å². The number of hydrogen-bond donors (Lipinski definition) is 1. The fourth-order valence-corrected chi connectivity index (χ4v) is 2.45. The average molecular weight is 306 g/mol. The summed E-state index contributed by atoms with van der Waals surface area (Å²) in [6.45, 7) is 4.12. The summed E-state index contributed by atoms with van der Waals surface area (Å²) in [5.41, 5.74) is 1.34. The van der Waals surface area contributed by atoms with E-state index < -0.39 is 5.97 Å². The van der Waals surface area contributed by atoms with Gasteiger partial charge in [-0.05, 0) is 38.2 Å². The molecular weight excluding hydrogens is 288 g/mol. The zero-order valence-corrected chi connectivity index (χ0v) is 12.9. The molecule has 2 rings (SSSR count). The van der Waals surface area contributed by atoms with Gasteiger partial charge >= 0.3 is 5.97 Å². The van der Waals surface area contributed by atoms with Crippen molar-refractivity contribution in [2.75, 3.05) is 20.2 Å². The molecule has 1 heterocycles. The smallest absolute Gasteiger partial charge is 0.335 e. The molecule has 21 heavy (non-hydrogen) atoms. The maximum atomic E-state index is 10.7. The van der Waals surface area contributed by atoms with Crippen molar-refractivity contribution in [2.24, 2.45) is 0 Å². The summed E-state index contributed by atoms with van der Waals surface area (Å²) in [5.74, 6) is -0.252. The second-order valence-electron chi connectivity index (χ2n) is 4.77. The summed E-state index contributed by atoms with van der Waals surface area (Å²) in [7, 11) is 2.02. The van der Waals surface area contributed by atoms with Gasteiger partial charge < -0.3 is 9.84 Å². The molecule has 6 heteroatoms. The molecular formula is C15H18N2O3S. The van der Waals surface area contributed by atoms with Gasteiger partial charge in [-0.15, -0.1) is 11.3 Å². The maximum absolute atomic E-state index is 10.7. The summed E-state index contributed by atoms with van der Waals surface area (Å²) in [5, 5.41) is 12.0. The van der Waals surface area contributed by atoms with Crippen LogP contribution >= 0.6 is 11.3 Å². The first-order chi connectivity index (χ1) is 10.0. The van der Waals surface area contributed by atoms with E-state index in [1.54, 1.807) is 35.6 Å². The van der Waals surface area contributed by atoms with Gasteiger partial charge in [0.15, 0.2) is 0 Å². The van der Waals surface area contributed by atoms with Crippen LogP contribution in [0.1, 0.15) is 21.1 Å². The van der Waals surface area contributed by atoms with Gasteiger partial charge in [0, 0.05) is 18.5 Å². The lowest BCUT2D eigenvalue weighted by atomic mass is 10.2. The van der Waals surface area contributed by atoms with Crippen molar-refractivity contribution in [3.05, 3.63) is 45.9 Å². The van der Waals surface area contributed by atoms with E-state index in [1.807, 2.05) is 14.0 Å². The van der Waals surface area contributed by atoms with E-state index in [1.165, 1.54) is 0 Å². The van der Waals surface area contributed by atoms with Crippen molar-refractivity contribution in [1.82, 2.24) is 9.88 Å². The third-order valence-corrected chi connectivity index (χ3v) is 3.76. The molecule has 0 saturated heterocycles. The summed E-state index contributed by atoms with van der Waals surface area (Å²) >= 11 is 1.65. The molecule has 2 aromatic rings. The third kappa shape index (κ3) is 4.84. The molecule has 0 atom stereocenters. The van der Waals surface area contributed by atoms with Crippen LogP contribution in [-0.2, 0) is 6.54 Å². The van der Waals surface area contributed by atoms with Crippen LogP contribution in [0.25, 0.3) is 0 Å². The van der Waals surface area contributed by atoms with Crippen LogP contribution in [0.4, 0.5) is 0 Å². The molecule has 0 spiro atoms. The van der Waals surface area contributed by atoms with E-state index in [0.29, 0.717) is 12.4 Å². The molecule has 1 N–H and O–H groups in total. The summed E-state index contributed by atoms with van der Waals surface area (Å²) < 4.78 is 5.60. The second-order valence-corrected chi connectivity index (χ2v) is 5.84. The van der Waals surface area contributed by atoms with Gasteiger partial charge in [-0.3, -0.25) is 4.90 Å². The number of aromatic carboxylic acids is 1. The Kier molecular flexibility index (Phi) is 5.30. The summed E-state index contributed by atoms with van der Waals surface area (Å²) in [6.07, 6.45) is 0. The van der Waals surface area contributed by atoms with E-state index in [4.69, 9.17) is 9.84 Å². The molecule has 0 radical (unpaired) electrons. The van der Waals surface area contributed by atoms with Crippen LogP contribution in [0.3, 0.4) is 0 Å². The minimum Gasteiger partial charge on any atom is -0.492 e. The number of aryl methyl sites for hydroxylation is 1. The predicted octanol–water partition coefficient (Wildman–Crippen LogP) is 2.66. The summed E-state index contributed by atoms with van der Waals surface area (Å²) in [4.78, 5) is 17.3. The Labute approximate surface area is 127 Å². The fraction of sp³-hybridized carbons (Fsp3) is 0.333. The highest BCUT2D eigenvalue weighted by Gasteiger charge is 2.05. The van der Waals surface area contributed by atoms with Gasteiger partial charge in [0.2, 0.25) is 0 Å². The number of carboxylic acids is 1. The van der Waals surface area contributed by atoms with Crippen molar-refractivity contribution in [3.63, 3.8) is 0 Å². The highest BCUT2D eigenvalue weighted by atomic mass is 32.1. The van der Waals surface area contributed by atoms with Crippen molar-refractivity contribution in [3.8, 4) is 5.75 Å². The fourth-order valence-electron chi connectivity index (χ4n) is 1.85. The highest BCUT2D eigenvalue weighted by molar-refractivity contribution is 7.09. The number of aromatic nitrogens is 1. The quantitative estimate of drug-likeness (QED) is 0.852. The lowest BCUT2D eigenvalue weighted by Crippen LogP contribution is -2.24. The zero-order valence-electron chi connectivity index (χ0n) is 12.1. The minimum atomic E-state index is -0.931. The number of nitrogens with zero attached hydrogens (tertiary/aromatic N) is 2. The monoisotopic (exact) mass is 306 g/mol. The SMILES string of the molecule is Cc1nc(CN(C)CCOc2ccc(C(=O)O)cc2)cs1. The number of rotatable bonds is 7. The van der Waals surface area contributed by atoms with Crippen molar-refractivity contribution < 1.29 is 14.6 Å². The number of likely N-dealkylation sites (N-methyl/N-ethyl adjacent to an activating group) is 1. The molecule has 0 saturated carbocycles. The van der Waals surface area contributed by atoms with Gasteiger partial charge in [-0.25, -0.2) is 9.78 Å². The van der Waals surface area contributed by atoms with Crippen LogP contribution in [-0.4, -0.2) is 41.2 Å². The normalized spacial score (nSPS) is 10.8. The Morgan fingerprint density at radius 3 is 2.67 bits per heavy atom. The molecule has 0 amide bonds. The standard InChI is InChI=1S/C15H18N2O3S/c1-11-16-13(10-21-11)9-17(2)7-8-20-14-5-3-12(4-6-14)15(18)19/h3-6,10H,7-9H2,1-2H3,(H,18,19). The predicted molar refractivity (Wildman–Crippen MR) is 82.1 cm³/mol. The van der Waals surface area contributed by atoms with Gasteiger partial charge in [-0.1, -0.05) is 0 Å². The average Bonchev–Trinajstić information content (AvgIpc) is 2.84. The zero-order chi connectivity index (χ0) is 15.2. The Hall–Kier alpha value is -1.92. The van der Waals surface area contributed by atoms with Crippen LogP contribution < -0.4 is 4.74 Å². The van der Waals surface area contributed by atoms with E-state index in [2.05, 4.69) is 15.3 Å². The molecule has 5 nitrogen and oxygen atoms in total. The Morgan fingerprint density at radius 2 is 2.10 bits per heavy atom. The topological polar surface area (TPSA) is 62.7 Å². The molecule has 0 aliphatic rings. The van der Waals surface area contributed by atoms with Crippen LogP contribution in [0.15, 0.2) is 29.6 Å². The van der Waals surface area contributed by atoms with Gasteiger partial charge in [0.05, 0.1) is 16.3 Å². The number of hydrogen-bond acceptors (Lipinski definition) is 5. The molecule has 1 aromatic heterocycles.